The summed E-state index contributed by atoms with van der Waals surface area (Å²) in [6, 6.07) is 16.9. The molecule has 0 spiro atoms. The number of ether oxygens (including phenoxy) is 5. The fourth-order valence-corrected chi connectivity index (χ4v) is 8.05. The molecule has 0 aliphatic heterocycles. The Labute approximate surface area is 418 Å². The molecule has 4 rings (SSSR count). The van der Waals surface area contributed by atoms with Gasteiger partial charge in [-0.15, -0.1) is 0 Å². The molecule has 1 aliphatic carbocycles. The molecule has 0 saturated heterocycles. The summed E-state index contributed by atoms with van der Waals surface area (Å²) < 4.78 is 27.6. The van der Waals surface area contributed by atoms with Gasteiger partial charge in [-0.05, 0) is 142 Å². The number of nitrogens with one attached hydrogen (secondary N) is 5. The first-order valence-corrected chi connectivity index (χ1v) is 24.7. The molecular weight excluding hydrogens is 911 g/mol. The van der Waals surface area contributed by atoms with Crippen molar-refractivity contribution in [3.63, 3.8) is 0 Å². The normalized spacial score (nSPS) is 16.3. The van der Waals surface area contributed by atoms with E-state index >= 15 is 0 Å². The fraction of sp³-hybridized carbons (Fsp3) is 0.574. The number of rotatable bonds is 22. The zero-order chi connectivity index (χ0) is 52.4. The zero-order valence-corrected chi connectivity index (χ0v) is 43.3. The van der Waals surface area contributed by atoms with E-state index in [9.17, 15) is 33.6 Å². The minimum absolute atomic E-state index is 0.113. The average molecular weight is 988 g/mol. The molecule has 3 atom stereocenters. The molecule has 390 valence electrons. The molecule has 0 aromatic heterocycles. The number of amides is 5. The van der Waals surface area contributed by atoms with Crippen LogP contribution in [0.1, 0.15) is 131 Å². The predicted molar refractivity (Wildman–Crippen MR) is 269 cm³/mol. The number of hydrogen-bond donors (Lipinski definition) is 5. The van der Waals surface area contributed by atoms with E-state index in [0.717, 1.165) is 34.7 Å². The number of alkyl carbamates (subject to hydrolysis) is 1. The van der Waals surface area contributed by atoms with E-state index in [1.54, 1.807) is 69.4 Å². The number of methoxy groups -OCH3 is 1. The van der Waals surface area contributed by atoms with Crippen LogP contribution in [0.2, 0.25) is 0 Å². The Balaban J connectivity index is 1.38. The van der Waals surface area contributed by atoms with Gasteiger partial charge in [0.15, 0.2) is 0 Å². The third-order valence-corrected chi connectivity index (χ3v) is 11.4. The van der Waals surface area contributed by atoms with E-state index < -0.39 is 70.9 Å². The van der Waals surface area contributed by atoms with Crippen molar-refractivity contribution in [2.24, 2.45) is 11.8 Å². The lowest BCUT2D eigenvalue weighted by atomic mass is 9.81. The number of esters is 3. The molecule has 3 aromatic carbocycles. The monoisotopic (exact) mass is 988 g/mol. The molecule has 3 aromatic rings. The largest absolute Gasteiger partial charge is 0.496 e. The van der Waals surface area contributed by atoms with E-state index in [4.69, 9.17) is 23.7 Å². The van der Waals surface area contributed by atoms with Crippen molar-refractivity contribution in [2.45, 2.75) is 168 Å². The lowest BCUT2D eigenvalue weighted by molar-refractivity contribution is -0.159. The van der Waals surface area contributed by atoms with Crippen LogP contribution < -0.4 is 31.3 Å². The van der Waals surface area contributed by atoms with Crippen molar-refractivity contribution in [2.75, 3.05) is 20.2 Å². The standard InChI is InChI=1S/C54H77N5O12/c1-52(2,3)69-45(60)28-27-42(49(64)71-54(7,8)9)59-50(65)58-41(48(63)70-53(4,5)6)22-16-17-29-55-47(62)43(31-37-30-39-20-14-15-21-40(39)44(32-37)67-10)57-46(61)38-25-23-35(24-26-38)33-56-51(66)68-34-36-18-12-11-13-19-36/h11-15,18-21,30,32,35,38,41-43H,16-17,22-29,31,33-34H2,1-10H3,(H,55,62)(H,56,66)(H,57,61)(H2,58,59,65)/t35?,38?,41-,42-,43+/m0/s1. The van der Waals surface area contributed by atoms with Crippen molar-refractivity contribution in [1.82, 2.24) is 26.6 Å². The molecule has 1 saturated carbocycles. The molecule has 1 aliphatic rings. The van der Waals surface area contributed by atoms with Crippen LogP contribution in [-0.2, 0) is 55.9 Å². The third kappa shape index (κ3) is 21.2. The summed E-state index contributed by atoms with van der Waals surface area (Å²) in [6.45, 7) is 16.1. The Morgan fingerprint density at radius 2 is 1.23 bits per heavy atom. The topological polar surface area (TPSA) is 226 Å². The number of benzene rings is 3. The lowest BCUT2D eigenvalue weighted by Crippen LogP contribution is -2.53. The van der Waals surface area contributed by atoms with Crippen LogP contribution in [0.4, 0.5) is 9.59 Å². The molecule has 0 unspecified atom stereocenters. The van der Waals surface area contributed by atoms with Crippen LogP contribution in [0.5, 0.6) is 5.75 Å². The van der Waals surface area contributed by atoms with Gasteiger partial charge in [-0.25, -0.2) is 19.2 Å². The molecule has 0 radical (unpaired) electrons. The SMILES string of the molecule is COc1cc(C[C@@H](NC(=O)C2CCC(CNC(=O)OCc3ccccc3)CC2)C(=O)NCCCC[C@H](NC(=O)N[C@@H](CCC(=O)OC(C)(C)C)C(=O)OC(C)(C)C)C(=O)OC(C)(C)C)cc2ccccc12. The number of hydrogen-bond acceptors (Lipinski definition) is 12. The van der Waals surface area contributed by atoms with Gasteiger partial charge in [-0.1, -0.05) is 60.7 Å². The first kappa shape index (κ1) is 57.2. The quantitative estimate of drug-likeness (QED) is 0.0370. The van der Waals surface area contributed by atoms with Gasteiger partial charge in [-0.3, -0.25) is 14.4 Å². The van der Waals surface area contributed by atoms with E-state index in [0.29, 0.717) is 38.0 Å². The van der Waals surface area contributed by atoms with Gasteiger partial charge in [-0.2, -0.15) is 0 Å². The van der Waals surface area contributed by atoms with E-state index in [1.807, 2.05) is 66.7 Å². The second-order valence-corrected chi connectivity index (χ2v) is 21.1. The minimum Gasteiger partial charge on any atom is -0.496 e. The summed E-state index contributed by atoms with van der Waals surface area (Å²) in [4.78, 5) is 92.9. The number of fused-ring (bicyclic) bond motifs is 1. The van der Waals surface area contributed by atoms with E-state index in [2.05, 4.69) is 26.6 Å². The highest BCUT2D eigenvalue weighted by Crippen LogP contribution is 2.30. The van der Waals surface area contributed by atoms with Gasteiger partial charge in [0, 0.05) is 37.2 Å². The zero-order valence-electron chi connectivity index (χ0n) is 43.3. The number of carbonyl (C=O) groups is 7. The molecule has 5 N–H and O–H groups in total. The minimum atomic E-state index is -1.24. The van der Waals surface area contributed by atoms with Crippen molar-refractivity contribution >= 4 is 52.6 Å². The van der Waals surface area contributed by atoms with Crippen LogP contribution >= 0.6 is 0 Å². The Bertz CT molecular complexity index is 2260. The molecule has 71 heavy (non-hydrogen) atoms. The van der Waals surface area contributed by atoms with E-state index in [1.165, 1.54) is 0 Å². The summed E-state index contributed by atoms with van der Waals surface area (Å²) in [6.07, 6.45) is 2.90. The van der Waals surface area contributed by atoms with Gasteiger partial charge in [0.1, 0.15) is 47.3 Å². The highest BCUT2D eigenvalue weighted by molar-refractivity contribution is 5.91. The van der Waals surface area contributed by atoms with Gasteiger partial charge in [0.25, 0.3) is 0 Å². The van der Waals surface area contributed by atoms with Crippen molar-refractivity contribution in [3.05, 3.63) is 77.9 Å². The molecule has 5 amide bonds. The summed E-state index contributed by atoms with van der Waals surface area (Å²) >= 11 is 0. The number of unbranched alkanes of at least 4 members (excludes halogenated alkanes) is 1. The molecule has 0 bridgehead atoms. The molecular formula is C54H77N5O12. The fourth-order valence-electron chi connectivity index (χ4n) is 8.05. The third-order valence-electron chi connectivity index (χ3n) is 11.4. The van der Waals surface area contributed by atoms with Crippen LogP contribution in [-0.4, -0.2) is 97.0 Å². The molecule has 0 heterocycles. The Morgan fingerprint density at radius 3 is 1.83 bits per heavy atom. The summed E-state index contributed by atoms with van der Waals surface area (Å²) in [5.41, 5.74) is -0.826. The maximum Gasteiger partial charge on any atom is 0.407 e. The highest BCUT2D eigenvalue weighted by atomic mass is 16.6. The maximum absolute atomic E-state index is 14.0. The Morgan fingerprint density at radius 1 is 0.634 bits per heavy atom. The van der Waals surface area contributed by atoms with Gasteiger partial charge in [0.2, 0.25) is 11.8 Å². The second kappa shape index (κ2) is 26.7. The summed E-state index contributed by atoms with van der Waals surface area (Å²) in [5, 5.41) is 15.9. The molecule has 1 fully saturated rings. The van der Waals surface area contributed by atoms with Gasteiger partial charge in [0.05, 0.1) is 7.11 Å². The van der Waals surface area contributed by atoms with Gasteiger partial charge >= 0.3 is 30.0 Å². The number of carbonyl (C=O) groups excluding carboxylic acids is 7. The first-order chi connectivity index (χ1) is 33.4. The van der Waals surface area contributed by atoms with E-state index in [-0.39, 0.29) is 56.6 Å². The first-order valence-electron chi connectivity index (χ1n) is 24.7. The van der Waals surface area contributed by atoms with Crippen LogP contribution in [0.25, 0.3) is 10.8 Å². The molecule has 17 nitrogen and oxygen atoms in total. The highest BCUT2D eigenvalue weighted by Gasteiger charge is 2.33. The van der Waals surface area contributed by atoms with Crippen LogP contribution in [0.3, 0.4) is 0 Å². The number of urea groups is 1. The lowest BCUT2D eigenvalue weighted by Gasteiger charge is -2.29. The second-order valence-electron chi connectivity index (χ2n) is 21.1. The maximum atomic E-state index is 14.0. The Kier molecular flexibility index (Phi) is 21.5. The predicted octanol–water partition coefficient (Wildman–Crippen LogP) is 7.74. The summed E-state index contributed by atoms with van der Waals surface area (Å²) in [5.74, 6) is -2.13. The van der Waals surface area contributed by atoms with Crippen LogP contribution in [0, 0.1) is 11.8 Å². The average Bonchev–Trinajstić information content (AvgIpc) is 3.29. The van der Waals surface area contributed by atoms with Crippen molar-refractivity contribution in [1.29, 1.82) is 0 Å². The molecule has 17 heteroatoms. The van der Waals surface area contributed by atoms with Crippen molar-refractivity contribution < 1.29 is 57.2 Å². The Hall–Kier alpha value is -6.39. The van der Waals surface area contributed by atoms with Gasteiger partial charge < -0.3 is 50.3 Å². The van der Waals surface area contributed by atoms with Crippen molar-refractivity contribution in [3.8, 4) is 5.75 Å². The smallest absolute Gasteiger partial charge is 0.407 e. The summed E-state index contributed by atoms with van der Waals surface area (Å²) in [7, 11) is 1.59. The van der Waals surface area contributed by atoms with Crippen LogP contribution in [0.15, 0.2) is 66.7 Å².